The number of hydrogen-bond donors (Lipinski definition) is 0. The molecular weight excluding hydrogens is 372 g/mol. The molecular formula is C13H8F8O2S. The highest BCUT2D eigenvalue weighted by Gasteiger charge is 2.77. The standard InChI is InChI=1S/C13H8F8O2S/c14-10(15)12(18,19)13(20,21)11(16,17)9(23)6-7(22)3-4-8-2-1-5-24-8/h1-5,10H,6H2/b4-3+. The lowest BCUT2D eigenvalue weighted by Gasteiger charge is -2.31. The Labute approximate surface area is 133 Å². The second kappa shape index (κ2) is 6.99. The topological polar surface area (TPSA) is 34.1 Å². The van der Waals surface area contributed by atoms with E-state index in [1.54, 1.807) is 11.4 Å². The summed E-state index contributed by atoms with van der Waals surface area (Å²) in [5.41, 5.74) is 0. The number of halogens is 8. The number of carbonyl (C=O) groups is 2. The van der Waals surface area contributed by atoms with Crippen LogP contribution in [-0.2, 0) is 9.59 Å². The zero-order valence-electron chi connectivity index (χ0n) is 11.4. The Kier molecular flexibility index (Phi) is 5.91. The Hall–Kier alpha value is -1.78. The highest BCUT2D eigenvalue weighted by molar-refractivity contribution is 7.10. The average Bonchev–Trinajstić information content (AvgIpc) is 2.97. The normalized spacial score (nSPS) is 13.7. The van der Waals surface area contributed by atoms with Gasteiger partial charge in [-0.2, -0.15) is 26.3 Å². The van der Waals surface area contributed by atoms with Crippen LogP contribution in [0, 0.1) is 0 Å². The molecule has 134 valence electrons. The zero-order valence-corrected chi connectivity index (χ0v) is 12.2. The average molecular weight is 380 g/mol. The number of rotatable bonds is 8. The third-order valence-corrected chi connectivity index (χ3v) is 3.59. The van der Waals surface area contributed by atoms with Crippen LogP contribution in [0.2, 0.25) is 0 Å². The van der Waals surface area contributed by atoms with E-state index < -0.39 is 42.2 Å². The second-order valence-electron chi connectivity index (χ2n) is 4.49. The highest BCUT2D eigenvalue weighted by atomic mass is 32.1. The number of Topliss-reactive ketones (excluding diaryl/α,β-unsaturated/α-hetero) is 1. The molecule has 0 spiro atoms. The molecule has 0 radical (unpaired) electrons. The number of hydrogen-bond acceptors (Lipinski definition) is 3. The van der Waals surface area contributed by atoms with Crippen LogP contribution in [0.4, 0.5) is 35.1 Å². The quantitative estimate of drug-likeness (QED) is 0.379. The first kappa shape index (κ1) is 20.3. The second-order valence-corrected chi connectivity index (χ2v) is 5.47. The van der Waals surface area contributed by atoms with Gasteiger partial charge in [-0.15, -0.1) is 11.3 Å². The van der Waals surface area contributed by atoms with Gasteiger partial charge in [0.25, 0.3) is 0 Å². The molecule has 1 aromatic heterocycles. The van der Waals surface area contributed by atoms with E-state index in [1.807, 2.05) is 0 Å². The van der Waals surface area contributed by atoms with Gasteiger partial charge in [0.1, 0.15) is 0 Å². The number of thiophene rings is 1. The molecule has 0 aliphatic rings. The van der Waals surface area contributed by atoms with Crippen molar-refractivity contribution in [2.75, 3.05) is 0 Å². The van der Waals surface area contributed by atoms with Crippen LogP contribution in [0.25, 0.3) is 6.08 Å². The van der Waals surface area contributed by atoms with E-state index in [4.69, 9.17) is 0 Å². The van der Waals surface area contributed by atoms with Crippen molar-refractivity contribution >= 4 is 29.0 Å². The van der Waals surface area contributed by atoms with Crippen LogP contribution in [0.15, 0.2) is 23.6 Å². The molecule has 1 aromatic rings. The molecule has 0 aromatic carbocycles. The molecule has 0 unspecified atom stereocenters. The van der Waals surface area contributed by atoms with Gasteiger partial charge in [0.15, 0.2) is 5.78 Å². The van der Waals surface area contributed by atoms with E-state index in [-0.39, 0.29) is 0 Å². The predicted octanol–water partition coefficient (Wildman–Crippen LogP) is 4.46. The van der Waals surface area contributed by atoms with Gasteiger partial charge in [-0.1, -0.05) is 6.07 Å². The minimum absolute atomic E-state index is 0.470. The Morgan fingerprint density at radius 3 is 2.17 bits per heavy atom. The SMILES string of the molecule is O=C(/C=C/c1cccs1)CC(=O)C(F)(F)C(F)(F)C(F)(F)C(F)F. The van der Waals surface area contributed by atoms with E-state index in [9.17, 15) is 44.7 Å². The van der Waals surface area contributed by atoms with Gasteiger partial charge >= 0.3 is 24.2 Å². The predicted molar refractivity (Wildman–Crippen MR) is 68.8 cm³/mol. The summed E-state index contributed by atoms with van der Waals surface area (Å²) in [6.45, 7) is 0. The van der Waals surface area contributed by atoms with Gasteiger partial charge in [0, 0.05) is 4.88 Å². The van der Waals surface area contributed by atoms with Crippen molar-refractivity contribution in [3.05, 3.63) is 28.5 Å². The summed E-state index contributed by atoms with van der Waals surface area (Å²) in [6.07, 6.45) is -5.27. The van der Waals surface area contributed by atoms with E-state index in [2.05, 4.69) is 0 Å². The van der Waals surface area contributed by atoms with Crippen LogP contribution in [0.3, 0.4) is 0 Å². The molecule has 0 N–H and O–H groups in total. The van der Waals surface area contributed by atoms with Crippen molar-refractivity contribution in [2.24, 2.45) is 0 Å². The first-order valence-electron chi connectivity index (χ1n) is 6.03. The van der Waals surface area contributed by atoms with Gasteiger partial charge in [-0.3, -0.25) is 9.59 Å². The molecule has 11 heteroatoms. The van der Waals surface area contributed by atoms with Crippen molar-refractivity contribution in [3.8, 4) is 0 Å². The van der Waals surface area contributed by atoms with Gasteiger partial charge in [0.05, 0.1) is 6.42 Å². The fraction of sp³-hybridized carbons (Fsp3) is 0.385. The van der Waals surface area contributed by atoms with Crippen molar-refractivity contribution in [3.63, 3.8) is 0 Å². The molecule has 0 fully saturated rings. The van der Waals surface area contributed by atoms with Crippen LogP contribution in [0.1, 0.15) is 11.3 Å². The summed E-state index contributed by atoms with van der Waals surface area (Å²) in [5, 5.41) is 1.59. The molecule has 1 heterocycles. The van der Waals surface area contributed by atoms with E-state index in [0.29, 0.717) is 11.0 Å². The van der Waals surface area contributed by atoms with Crippen molar-refractivity contribution in [1.29, 1.82) is 0 Å². The van der Waals surface area contributed by atoms with Crippen molar-refractivity contribution in [1.82, 2.24) is 0 Å². The molecule has 0 atom stereocenters. The largest absolute Gasteiger partial charge is 0.385 e. The Morgan fingerprint density at radius 1 is 1.12 bits per heavy atom. The van der Waals surface area contributed by atoms with Gasteiger partial charge in [-0.25, -0.2) is 8.78 Å². The lowest BCUT2D eigenvalue weighted by molar-refractivity contribution is -0.327. The Morgan fingerprint density at radius 2 is 1.71 bits per heavy atom. The molecule has 0 saturated heterocycles. The first-order valence-corrected chi connectivity index (χ1v) is 6.91. The number of alkyl halides is 8. The van der Waals surface area contributed by atoms with E-state index in [0.717, 1.165) is 17.4 Å². The van der Waals surface area contributed by atoms with Gasteiger partial charge < -0.3 is 0 Å². The fourth-order valence-corrected chi connectivity index (χ4v) is 2.03. The molecule has 0 aliphatic heterocycles. The Balaban J connectivity index is 2.90. The van der Waals surface area contributed by atoms with Crippen molar-refractivity contribution < 1.29 is 44.7 Å². The maximum Gasteiger partial charge on any atom is 0.385 e. The van der Waals surface area contributed by atoms with E-state index >= 15 is 0 Å². The number of allylic oxidation sites excluding steroid dienone is 1. The fourth-order valence-electron chi connectivity index (χ4n) is 1.41. The monoisotopic (exact) mass is 380 g/mol. The molecule has 24 heavy (non-hydrogen) atoms. The van der Waals surface area contributed by atoms with Gasteiger partial charge in [0.2, 0.25) is 5.78 Å². The summed E-state index contributed by atoms with van der Waals surface area (Å²) in [6, 6.07) is 3.07. The van der Waals surface area contributed by atoms with Crippen LogP contribution >= 0.6 is 11.3 Å². The minimum Gasteiger partial charge on any atom is -0.294 e. The number of ketones is 2. The summed E-state index contributed by atoms with van der Waals surface area (Å²) >= 11 is 1.13. The van der Waals surface area contributed by atoms with Crippen LogP contribution < -0.4 is 0 Å². The maximum atomic E-state index is 13.2. The highest BCUT2D eigenvalue weighted by Crippen LogP contribution is 2.49. The lowest BCUT2D eigenvalue weighted by atomic mass is 9.97. The van der Waals surface area contributed by atoms with E-state index in [1.165, 1.54) is 6.07 Å². The third kappa shape index (κ3) is 3.82. The maximum absolute atomic E-state index is 13.2. The molecule has 0 saturated carbocycles. The molecule has 0 aliphatic carbocycles. The Bertz CT molecular complexity index is 622. The van der Waals surface area contributed by atoms with Crippen LogP contribution in [-0.4, -0.2) is 35.8 Å². The molecule has 0 amide bonds. The molecule has 0 bridgehead atoms. The lowest BCUT2D eigenvalue weighted by Crippen LogP contribution is -2.60. The zero-order chi connectivity index (χ0) is 18.8. The number of carbonyl (C=O) groups excluding carboxylic acids is 2. The summed E-state index contributed by atoms with van der Waals surface area (Å²) in [4.78, 5) is 22.9. The minimum atomic E-state index is -6.65. The smallest absolute Gasteiger partial charge is 0.294 e. The molecule has 1 rings (SSSR count). The molecule has 2 nitrogen and oxygen atoms in total. The van der Waals surface area contributed by atoms with Gasteiger partial charge in [-0.05, 0) is 23.6 Å². The van der Waals surface area contributed by atoms with Crippen molar-refractivity contribution in [2.45, 2.75) is 30.6 Å². The first-order chi connectivity index (χ1) is 10.8. The van der Waals surface area contributed by atoms with Crippen LogP contribution in [0.5, 0.6) is 0 Å². The summed E-state index contributed by atoms with van der Waals surface area (Å²) in [5.74, 6) is -23.5. The third-order valence-electron chi connectivity index (χ3n) is 2.75. The summed E-state index contributed by atoms with van der Waals surface area (Å²) < 4.78 is 102. The summed E-state index contributed by atoms with van der Waals surface area (Å²) in [7, 11) is 0.